The third-order valence-electron chi connectivity index (χ3n) is 3.71. The highest BCUT2D eigenvalue weighted by Crippen LogP contribution is 2.19. The first-order valence-electron chi connectivity index (χ1n) is 6.88. The smallest absolute Gasteiger partial charge is 0.151 e. The average molecular weight is 281 g/mol. The second-order valence-electron chi connectivity index (χ2n) is 6.11. The molecule has 1 fully saturated rings. The molecule has 19 heavy (non-hydrogen) atoms. The van der Waals surface area contributed by atoms with Crippen LogP contribution in [0.4, 0.5) is 0 Å². The Morgan fingerprint density at radius 1 is 1.26 bits per heavy atom. The second kappa shape index (κ2) is 5.63. The summed E-state index contributed by atoms with van der Waals surface area (Å²) in [5.74, 6) is 0.626. The van der Waals surface area contributed by atoms with Crippen molar-refractivity contribution in [3.63, 3.8) is 0 Å². The lowest BCUT2D eigenvalue weighted by molar-refractivity contribution is 0.325. The van der Waals surface area contributed by atoms with Crippen molar-refractivity contribution in [1.82, 2.24) is 5.32 Å². The van der Waals surface area contributed by atoms with Crippen LogP contribution < -0.4 is 5.32 Å². The molecule has 0 aromatic heterocycles. The molecule has 0 aliphatic carbocycles. The van der Waals surface area contributed by atoms with Crippen molar-refractivity contribution in [2.75, 3.05) is 11.5 Å². The van der Waals surface area contributed by atoms with E-state index in [4.69, 9.17) is 0 Å². The number of hydrogen-bond donors (Lipinski definition) is 1. The van der Waals surface area contributed by atoms with Gasteiger partial charge >= 0.3 is 0 Å². The zero-order chi connectivity index (χ0) is 13.9. The van der Waals surface area contributed by atoms with E-state index in [9.17, 15) is 8.42 Å². The molecule has 1 aliphatic heterocycles. The summed E-state index contributed by atoms with van der Waals surface area (Å²) in [6.07, 6.45) is 2.77. The Labute approximate surface area is 116 Å². The van der Waals surface area contributed by atoms with E-state index in [0.717, 1.165) is 19.3 Å². The maximum atomic E-state index is 11.5. The second-order valence-corrected chi connectivity index (χ2v) is 8.34. The summed E-state index contributed by atoms with van der Waals surface area (Å²) in [6.45, 7) is 4.31. The molecule has 2 rings (SSSR count). The van der Waals surface area contributed by atoms with Gasteiger partial charge in [0.25, 0.3) is 0 Å². The molecular formula is C15H23NO2S. The molecule has 1 aromatic rings. The number of hydrogen-bond acceptors (Lipinski definition) is 3. The van der Waals surface area contributed by atoms with Crippen LogP contribution in [0.2, 0.25) is 0 Å². The molecule has 1 N–H and O–H groups in total. The normalized spacial score (nSPS) is 22.5. The Morgan fingerprint density at radius 3 is 2.53 bits per heavy atom. The zero-order valence-electron chi connectivity index (χ0n) is 11.7. The lowest BCUT2D eigenvalue weighted by atomic mass is 9.94. The minimum absolute atomic E-state index is 0.0274. The van der Waals surface area contributed by atoms with Crippen LogP contribution in [0.25, 0.3) is 0 Å². The van der Waals surface area contributed by atoms with Crippen LogP contribution in [0, 0.1) is 0 Å². The molecular weight excluding hydrogens is 258 g/mol. The molecule has 4 heteroatoms. The summed E-state index contributed by atoms with van der Waals surface area (Å²) in [4.78, 5) is 0. The predicted molar refractivity (Wildman–Crippen MR) is 79.0 cm³/mol. The van der Waals surface area contributed by atoms with Crippen LogP contribution in [-0.4, -0.2) is 31.5 Å². The highest BCUT2D eigenvalue weighted by atomic mass is 32.2. The Kier molecular flexibility index (Phi) is 4.31. The Hall–Kier alpha value is -0.870. The fourth-order valence-electron chi connectivity index (χ4n) is 2.64. The quantitative estimate of drug-likeness (QED) is 0.900. The fourth-order valence-corrected chi connectivity index (χ4v) is 4.31. The van der Waals surface area contributed by atoms with Gasteiger partial charge in [-0.15, -0.1) is 0 Å². The number of nitrogens with one attached hydrogen (secondary N) is 1. The molecule has 1 unspecified atom stereocenters. The molecule has 3 nitrogen and oxygen atoms in total. The van der Waals surface area contributed by atoms with E-state index >= 15 is 0 Å². The molecule has 1 heterocycles. The summed E-state index contributed by atoms with van der Waals surface area (Å²) < 4.78 is 22.9. The van der Waals surface area contributed by atoms with Crippen LogP contribution in [0.5, 0.6) is 0 Å². The van der Waals surface area contributed by atoms with Gasteiger partial charge < -0.3 is 5.32 Å². The van der Waals surface area contributed by atoms with E-state index in [2.05, 4.69) is 43.4 Å². The van der Waals surface area contributed by atoms with Gasteiger partial charge in [0, 0.05) is 11.6 Å². The van der Waals surface area contributed by atoms with Crippen LogP contribution in [-0.2, 0) is 16.3 Å². The molecule has 106 valence electrons. The van der Waals surface area contributed by atoms with Crippen molar-refractivity contribution in [3.8, 4) is 0 Å². The predicted octanol–water partition coefficient (Wildman–Crippen LogP) is 2.17. The first kappa shape index (κ1) is 14.5. The first-order chi connectivity index (χ1) is 8.86. The lowest BCUT2D eigenvalue weighted by Gasteiger charge is -2.30. The minimum Gasteiger partial charge on any atom is -0.308 e. The molecule has 0 radical (unpaired) electrons. The largest absolute Gasteiger partial charge is 0.308 e. The van der Waals surface area contributed by atoms with Gasteiger partial charge in [-0.05, 0) is 38.7 Å². The van der Waals surface area contributed by atoms with Gasteiger partial charge in [-0.25, -0.2) is 8.42 Å². The van der Waals surface area contributed by atoms with Crippen LogP contribution >= 0.6 is 0 Å². The molecule has 1 aliphatic rings. The summed E-state index contributed by atoms with van der Waals surface area (Å²) in [5.41, 5.74) is 1.30. The van der Waals surface area contributed by atoms with Gasteiger partial charge in [0.2, 0.25) is 0 Å². The lowest BCUT2D eigenvalue weighted by Crippen LogP contribution is -2.46. The van der Waals surface area contributed by atoms with E-state index < -0.39 is 9.84 Å². The Morgan fingerprint density at radius 2 is 1.95 bits per heavy atom. The maximum Gasteiger partial charge on any atom is 0.151 e. The van der Waals surface area contributed by atoms with Crippen molar-refractivity contribution < 1.29 is 8.42 Å². The molecule has 1 atom stereocenters. The van der Waals surface area contributed by atoms with Gasteiger partial charge in [-0.1, -0.05) is 30.3 Å². The maximum absolute atomic E-state index is 11.5. The molecule has 0 bridgehead atoms. The third kappa shape index (κ3) is 4.62. The molecule has 0 spiro atoms. The molecule has 0 amide bonds. The van der Waals surface area contributed by atoms with Crippen LogP contribution in [0.1, 0.15) is 32.3 Å². The van der Waals surface area contributed by atoms with Crippen molar-refractivity contribution in [3.05, 3.63) is 35.9 Å². The number of sulfone groups is 1. The van der Waals surface area contributed by atoms with Crippen molar-refractivity contribution in [2.24, 2.45) is 0 Å². The van der Waals surface area contributed by atoms with E-state index in [1.54, 1.807) is 0 Å². The fraction of sp³-hybridized carbons (Fsp3) is 0.600. The monoisotopic (exact) mass is 281 g/mol. The molecule has 0 saturated carbocycles. The zero-order valence-corrected chi connectivity index (χ0v) is 12.5. The van der Waals surface area contributed by atoms with Gasteiger partial charge in [0.1, 0.15) is 0 Å². The first-order valence-corrected chi connectivity index (χ1v) is 8.71. The van der Waals surface area contributed by atoms with Gasteiger partial charge in [0.05, 0.1) is 11.5 Å². The number of aryl methyl sites for hydroxylation is 1. The Bertz CT molecular complexity index is 508. The Balaban J connectivity index is 1.85. The summed E-state index contributed by atoms with van der Waals surface area (Å²) in [5, 5.41) is 3.50. The highest BCUT2D eigenvalue weighted by molar-refractivity contribution is 7.91. The minimum atomic E-state index is -2.80. The van der Waals surface area contributed by atoms with Gasteiger partial charge in [0.15, 0.2) is 9.84 Å². The van der Waals surface area contributed by atoms with E-state index in [-0.39, 0.29) is 11.6 Å². The number of rotatable bonds is 5. The summed E-state index contributed by atoms with van der Waals surface area (Å²) in [6, 6.07) is 10.5. The number of benzene rings is 1. The van der Waals surface area contributed by atoms with Crippen molar-refractivity contribution >= 4 is 9.84 Å². The SMILES string of the molecule is CC(C)(CCc1ccccc1)NC1CCS(=O)(=O)C1. The molecule has 1 aromatic carbocycles. The summed E-state index contributed by atoms with van der Waals surface area (Å²) >= 11 is 0. The average Bonchev–Trinajstić information content (AvgIpc) is 2.67. The van der Waals surface area contributed by atoms with Crippen LogP contribution in [0.15, 0.2) is 30.3 Å². The third-order valence-corrected chi connectivity index (χ3v) is 5.48. The van der Waals surface area contributed by atoms with Crippen molar-refractivity contribution in [1.29, 1.82) is 0 Å². The topological polar surface area (TPSA) is 46.2 Å². The molecule has 1 saturated heterocycles. The van der Waals surface area contributed by atoms with E-state index in [1.807, 2.05) is 6.07 Å². The highest BCUT2D eigenvalue weighted by Gasteiger charge is 2.31. The summed E-state index contributed by atoms with van der Waals surface area (Å²) in [7, 11) is -2.80. The standard InChI is InChI=1S/C15H23NO2S/c1-15(2,10-8-13-6-4-3-5-7-13)16-14-9-11-19(17,18)12-14/h3-7,14,16H,8-12H2,1-2H3. The van der Waals surface area contributed by atoms with E-state index in [1.165, 1.54) is 5.56 Å². The van der Waals surface area contributed by atoms with Gasteiger partial charge in [-0.3, -0.25) is 0 Å². The van der Waals surface area contributed by atoms with Gasteiger partial charge in [-0.2, -0.15) is 0 Å². The van der Waals surface area contributed by atoms with E-state index in [0.29, 0.717) is 11.5 Å². The van der Waals surface area contributed by atoms with Crippen molar-refractivity contribution in [2.45, 2.75) is 44.7 Å². The van der Waals surface area contributed by atoms with Crippen LogP contribution in [0.3, 0.4) is 0 Å².